The summed E-state index contributed by atoms with van der Waals surface area (Å²) in [7, 11) is 0. The molecule has 0 bridgehead atoms. The molecule has 3 nitrogen and oxygen atoms in total. The van der Waals surface area contributed by atoms with Crippen molar-refractivity contribution in [1.29, 1.82) is 5.26 Å². The normalized spacial score (nSPS) is 12.1. The lowest BCUT2D eigenvalue weighted by Gasteiger charge is -2.12. The summed E-state index contributed by atoms with van der Waals surface area (Å²) in [5, 5.41) is 11.6. The molecule has 0 saturated carbocycles. The van der Waals surface area contributed by atoms with E-state index in [1.165, 1.54) is 6.26 Å². The first-order chi connectivity index (χ1) is 9.11. The number of rotatable bonds is 4. The number of nitrogens with one attached hydrogen (secondary N) is 1. The second-order valence-electron chi connectivity index (χ2n) is 4.15. The maximum absolute atomic E-state index is 13.6. The maximum Gasteiger partial charge on any atom is 0.131 e. The van der Waals surface area contributed by atoms with Crippen molar-refractivity contribution in [2.45, 2.75) is 19.5 Å². The minimum atomic E-state index is -0.726. The lowest BCUT2D eigenvalue weighted by molar-refractivity contribution is 0.422. The van der Waals surface area contributed by atoms with Crippen LogP contribution in [0.5, 0.6) is 0 Å². The zero-order valence-electron chi connectivity index (χ0n) is 10.3. The van der Waals surface area contributed by atoms with Crippen molar-refractivity contribution in [2.75, 3.05) is 0 Å². The largest absolute Gasteiger partial charge is 0.468 e. The molecule has 0 unspecified atom stereocenters. The zero-order chi connectivity index (χ0) is 13.8. The lowest BCUT2D eigenvalue weighted by Crippen LogP contribution is -2.19. The van der Waals surface area contributed by atoms with Gasteiger partial charge >= 0.3 is 0 Å². The molecule has 0 aliphatic heterocycles. The first-order valence-electron chi connectivity index (χ1n) is 5.76. The van der Waals surface area contributed by atoms with E-state index in [1.54, 1.807) is 18.2 Å². The Balaban J connectivity index is 2.10. The molecule has 2 aromatic rings. The van der Waals surface area contributed by atoms with Gasteiger partial charge in [0.2, 0.25) is 0 Å². The Bertz CT molecular complexity index is 579. The van der Waals surface area contributed by atoms with E-state index in [0.29, 0.717) is 5.76 Å². The molecule has 1 aromatic heterocycles. The average Bonchev–Trinajstić information content (AvgIpc) is 2.91. The fourth-order valence-electron chi connectivity index (χ4n) is 1.73. The Kier molecular flexibility index (Phi) is 3.93. The van der Waals surface area contributed by atoms with Gasteiger partial charge in [0.15, 0.2) is 0 Å². The number of nitrogens with zero attached hydrogens (tertiary/aromatic N) is 1. The number of hydrogen-bond donors (Lipinski definition) is 1. The molecule has 2 rings (SSSR count). The molecule has 1 aromatic carbocycles. The molecule has 0 radical (unpaired) electrons. The Hall–Kier alpha value is -2.19. The smallest absolute Gasteiger partial charge is 0.131 e. The Morgan fingerprint density at radius 2 is 2.05 bits per heavy atom. The highest BCUT2D eigenvalue weighted by Crippen LogP contribution is 2.17. The van der Waals surface area contributed by atoms with Gasteiger partial charge in [0.1, 0.15) is 17.4 Å². The number of benzene rings is 1. The molecule has 1 heterocycles. The van der Waals surface area contributed by atoms with E-state index < -0.39 is 11.6 Å². The Morgan fingerprint density at radius 1 is 1.37 bits per heavy atom. The molecular weight excluding hydrogens is 250 g/mol. The molecule has 1 atom stereocenters. The molecule has 0 fully saturated rings. The van der Waals surface area contributed by atoms with Gasteiger partial charge in [-0.25, -0.2) is 8.78 Å². The maximum atomic E-state index is 13.6. The fourth-order valence-corrected chi connectivity index (χ4v) is 1.73. The Morgan fingerprint density at radius 3 is 2.58 bits per heavy atom. The molecule has 1 N–H and O–H groups in total. The van der Waals surface area contributed by atoms with E-state index in [4.69, 9.17) is 9.68 Å². The molecule has 0 spiro atoms. The molecule has 98 valence electrons. The summed E-state index contributed by atoms with van der Waals surface area (Å²) in [5.41, 5.74) is -0.116. The van der Waals surface area contributed by atoms with E-state index in [1.807, 2.05) is 6.92 Å². The molecule has 19 heavy (non-hydrogen) atoms. The van der Waals surface area contributed by atoms with Crippen molar-refractivity contribution in [1.82, 2.24) is 5.32 Å². The first kappa shape index (κ1) is 13.2. The summed E-state index contributed by atoms with van der Waals surface area (Å²) in [5.74, 6) is -0.763. The van der Waals surface area contributed by atoms with Crippen LogP contribution in [0.2, 0.25) is 0 Å². The van der Waals surface area contributed by atoms with Gasteiger partial charge in [-0.1, -0.05) is 0 Å². The van der Waals surface area contributed by atoms with Crippen LogP contribution < -0.4 is 5.32 Å². The summed E-state index contributed by atoms with van der Waals surface area (Å²) >= 11 is 0. The highest BCUT2D eigenvalue weighted by atomic mass is 19.1. The van der Waals surface area contributed by atoms with Crippen molar-refractivity contribution in [3.8, 4) is 6.07 Å². The van der Waals surface area contributed by atoms with Gasteiger partial charge in [0.05, 0.1) is 23.9 Å². The van der Waals surface area contributed by atoms with Crippen molar-refractivity contribution in [2.24, 2.45) is 0 Å². The summed E-state index contributed by atoms with van der Waals surface area (Å²) in [4.78, 5) is 0. The molecule has 5 heteroatoms. The number of nitriles is 1. The SMILES string of the molecule is C[C@@H](NCc1c(F)cc(C#N)cc1F)c1ccco1. The number of halogens is 2. The minimum absolute atomic E-state index is 0.0191. The second kappa shape index (κ2) is 5.63. The van der Waals surface area contributed by atoms with Crippen LogP contribution in [0.1, 0.15) is 29.9 Å². The van der Waals surface area contributed by atoms with Gasteiger partial charge in [-0.2, -0.15) is 5.26 Å². The van der Waals surface area contributed by atoms with Crippen LogP contribution in [0.15, 0.2) is 34.9 Å². The van der Waals surface area contributed by atoms with Crippen LogP contribution in [0.25, 0.3) is 0 Å². The van der Waals surface area contributed by atoms with Crippen molar-refractivity contribution < 1.29 is 13.2 Å². The van der Waals surface area contributed by atoms with Gasteiger partial charge in [-0.3, -0.25) is 0 Å². The van der Waals surface area contributed by atoms with Crippen LogP contribution in [0.3, 0.4) is 0 Å². The van der Waals surface area contributed by atoms with E-state index in [2.05, 4.69) is 5.32 Å². The quantitative estimate of drug-likeness (QED) is 0.919. The fraction of sp³-hybridized carbons (Fsp3) is 0.214. The van der Waals surface area contributed by atoms with Gasteiger partial charge in [0, 0.05) is 12.1 Å². The van der Waals surface area contributed by atoms with E-state index in [9.17, 15) is 8.78 Å². The van der Waals surface area contributed by atoms with E-state index >= 15 is 0 Å². The topological polar surface area (TPSA) is 49.0 Å². The third kappa shape index (κ3) is 2.98. The van der Waals surface area contributed by atoms with Crippen LogP contribution in [-0.4, -0.2) is 0 Å². The highest BCUT2D eigenvalue weighted by Gasteiger charge is 2.13. The first-order valence-corrected chi connectivity index (χ1v) is 5.76. The number of hydrogen-bond acceptors (Lipinski definition) is 3. The Labute approximate surface area is 109 Å². The molecule has 0 amide bonds. The summed E-state index contributed by atoms with van der Waals surface area (Å²) in [6, 6.07) is 7.12. The van der Waals surface area contributed by atoms with Crippen LogP contribution in [0.4, 0.5) is 8.78 Å². The zero-order valence-corrected chi connectivity index (χ0v) is 10.3. The van der Waals surface area contributed by atoms with E-state index in [0.717, 1.165) is 12.1 Å². The molecule has 0 aliphatic carbocycles. The predicted octanol–water partition coefficient (Wildman–Crippen LogP) is 3.28. The van der Waals surface area contributed by atoms with Gasteiger partial charge in [-0.05, 0) is 31.2 Å². The predicted molar refractivity (Wildman–Crippen MR) is 65.0 cm³/mol. The van der Waals surface area contributed by atoms with Crippen LogP contribution in [0, 0.1) is 23.0 Å². The number of furan rings is 1. The van der Waals surface area contributed by atoms with Crippen molar-refractivity contribution in [3.63, 3.8) is 0 Å². The molecule has 0 aliphatic rings. The van der Waals surface area contributed by atoms with Crippen LogP contribution >= 0.6 is 0 Å². The third-order valence-electron chi connectivity index (χ3n) is 2.83. The van der Waals surface area contributed by atoms with Gasteiger partial charge in [-0.15, -0.1) is 0 Å². The molecular formula is C14H12F2N2O. The lowest BCUT2D eigenvalue weighted by atomic mass is 10.1. The standard InChI is InChI=1S/C14H12F2N2O/c1-9(14-3-2-4-19-14)18-8-11-12(15)5-10(7-17)6-13(11)16/h2-6,9,18H,8H2,1H3/t9-/m1/s1. The summed E-state index contributed by atoms with van der Waals surface area (Å²) in [6.07, 6.45) is 1.54. The van der Waals surface area contributed by atoms with Crippen LogP contribution in [-0.2, 0) is 6.54 Å². The van der Waals surface area contributed by atoms with Crippen molar-refractivity contribution in [3.05, 3.63) is 59.1 Å². The van der Waals surface area contributed by atoms with Gasteiger partial charge < -0.3 is 9.73 Å². The third-order valence-corrected chi connectivity index (χ3v) is 2.83. The monoisotopic (exact) mass is 262 g/mol. The van der Waals surface area contributed by atoms with E-state index in [-0.39, 0.29) is 23.7 Å². The van der Waals surface area contributed by atoms with Gasteiger partial charge in [0.25, 0.3) is 0 Å². The second-order valence-corrected chi connectivity index (χ2v) is 4.15. The summed E-state index contributed by atoms with van der Waals surface area (Å²) in [6.45, 7) is 1.85. The average molecular weight is 262 g/mol. The van der Waals surface area contributed by atoms with Crippen molar-refractivity contribution >= 4 is 0 Å². The minimum Gasteiger partial charge on any atom is -0.468 e. The molecule has 0 saturated heterocycles. The highest BCUT2D eigenvalue weighted by molar-refractivity contribution is 5.34. The summed E-state index contributed by atoms with van der Waals surface area (Å²) < 4.78 is 32.5.